The number of esters is 1. The summed E-state index contributed by atoms with van der Waals surface area (Å²) in [6.07, 6.45) is 0. The van der Waals surface area contributed by atoms with Crippen molar-refractivity contribution >= 4 is 16.0 Å². The molecule has 0 bridgehead atoms. The summed E-state index contributed by atoms with van der Waals surface area (Å²) in [5, 5.41) is 0. The summed E-state index contributed by atoms with van der Waals surface area (Å²) in [5.74, 6) is -1.97. The van der Waals surface area contributed by atoms with Crippen molar-refractivity contribution in [3.8, 4) is 5.75 Å². The maximum Gasteiger partial charge on any atom is 0.321 e. The summed E-state index contributed by atoms with van der Waals surface area (Å²) in [6, 6.07) is 8.17. The molecule has 0 aliphatic rings. The molecule has 0 aliphatic heterocycles. The second-order valence-electron chi connectivity index (χ2n) is 4.91. The van der Waals surface area contributed by atoms with Gasteiger partial charge in [0, 0.05) is 0 Å². The van der Waals surface area contributed by atoms with E-state index in [0.29, 0.717) is 5.56 Å². The van der Waals surface area contributed by atoms with Crippen LogP contribution < -0.4 is 9.46 Å². The van der Waals surface area contributed by atoms with Crippen LogP contribution in [0.2, 0.25) is 0 Å². The van der Waals surface area contributed by atoms with Crippen LogP contribution in [0, 0.1) is 11.6 Å². The van der Waals surface area contributed by atoms with Gasteiger partial charge in [-0.3, -0.25) is 4.79 Å². The van der Waals surface area contributed by atoms with E-state index in [4.69, 9.17) is 9.47 Å². The number of methoxy groups -OCH3 is 1. The number of sulfonamides is 1. The molecule has 0 aromatic heterocycles. The highest BCUT2D eigenvalue weighted by Gasteiger charge is 2.16. The lowest BCUT2D eigenvalue weighted by Crippen LogP contribution is -2.30. The van der Waals surface area contributed by atoms with Gasteiger partial charge in [0.2, 0.25) is 10.0 Å². The van der Waals surface area contributed by atoms with Gasteiger partial charge in [-0.15, -0.1) is 0 Å². The SMILES string of the molecule is COc1ccc(COC(=O)CNS(=O)(=O)c2ccc(F)cc2)cc1F. The molecule has 2 aromatic carbocycles. The van der Waals surface area contributed by atoms with Crippen molar-refractivity contribution in [2.75, 3.05) is 13.7 Å². The standard InChI is InChI=1S/C16H15F2NO5S/c1-23-15-7-2-11(8-14(15)18)10-24-16(20)9-19-25(21,22)13-5-3-12(17)4-6-13/h2-8,19H,9-10H2,1H3. The summed E-state index contributed by atoms with van der Waals surface area (Å²) in [7, 11) is -2.64. The van der Waals surface area contributed by atoms with Gasteiger partial charge in [-0.1, -0.05) is 6.07 Å². The first kappa shape index (κ1) is 18.8. The molecule has 0 unspecified atom stereocenters. The monoisotopic (exact) mass is 371 g/mol. The van der Waals surface area contributed by atoms with Gasteiger partial charge in [-0.25, -0.2) is 17.2 Å². The van der Waals surface area contributed by atoms with Gasteiger partial charge in [0.15, 0.2) is 11.6 Å². The predicted octanol–water partition coefficient (Wildman–Crippen LogP) is 2.00. The third-order valence-corrected chi connectivity index (χ3v) is 4.56. The van der Waals surface area contributed by atoms with Crippen LogP contribution in [0.1, 0.15) is 5.56 Å². The van der Waals surface area contributed by atoms with Gasteiger partial charge in [0.25, 0.3) is 0 Å². The van der Waals surface area contributed by atoms with Gasteiger partial charge in [-0.05, 0) is 42.0 Å². The van der Waals surface area contributed by atoms with E-state index in [0.717, 1.165) is 30.3 Å². The third kappa shape index (κ3) is 5.23. The summed E-state index contributed by atoms with van der Waals surface area (Å²) < 4.78 is 61.9. The first-order chi connectivity index (χ1) is 11.8. The molecule has 0 saturated carbocycles. The number of hydrogen-bond donors (Lipinski definition) is 1. The predicted molar refractivity (Wildman–Crippen MR) is 84.3 cm³/mol. The van der Waals surface area contributed by atoms with Crippen molar-refractivity contribution in [2.45, 2.75) is 11.5 Å². The molecular weight excluding hydrogens is 356 g/mol. The second kappa shape index (κ2) is 8.04. The number of hydrogen-bond acceptors (Lipinski definition) is 5. The lowest BCUT2D eigenvalue weighted by molar-refractivity contribution is -0.143. The third-order valence-electron chi connectivity index (χ3n) is 3.15. The van der Waals surface area contributed by atoms with E-state index in [-0.39, 0.29) is 17.3 Å². The van der Waals surface area contributed by atoms with Crippen LogP contribution >= 0.6 is 0 Å². The highest BCUT2D eigenvalue weighted by molar-refractivity contribution is 7.89. The molecule has 1 N–H and O–H groups in total. The van der Waals surface area contributed by atoms with Crippen molar-refractivity contribution in [2.24, 2.45) is 0 Å². The van der Waals surface area contributed by atoms with Crippen LogP contribution in [0.15, 0.2) is 47.4 Å². The summed E-state index contributed by atoms with van der Waals surface area (Å²) >= 11 is 0. The lowest BCUT2D eigenvalue weighted by atomic mass is 10.2. The molecule has 0 heterocycles. The summed E-state index contributed by atoms with van der Waals surface area (Å²) in [5.41, 5.74) is 0.382. The van der Waals surface area contributed by atoms with Crippen LogP contribution in [0.4, 0.5) is 8.78 Å². The Hall–Kier alpha value is -2.52. The topological polar surface area (TPSA) is 81.7 Å². The number of halogens is 2. The van der Waals surface area contributed by atoms with Crippen LogP contribution in [0.5, 0.6) is 5.75 Å². The highest BCUT2D eigenvalue weighted by atomic mass is 32.2. The Balaban J connectivity index is 1.88. The van der Waals surface area contributed by atoms with Crippen molar-refractivity contribution in [1.82, 2.24) is 4.72 Å². The zero-order chi connectivity index (χ0) is 18.4. The molecule has 9 heteroatoms. The maximum absolute atomic E-state index is 13.5. The molecule has 0 aliphatic carbocycles. The smallest absolute Gasteiger partial charge is 0.321 e. The summed E-state index contributed by atoms with van der Waals surface area (Å²) in [6.45, 7) is -0.837. The molecule has 2 aromatic rings. The first-order valence-electron chi connectivity index (χ1n) is 7.05. The van der Waals surface area contributed by atoms with Crippen molar-refractivity contribution in [3.05, 3.63) is 59.7 Å². The number of nitrogens with one attached hydrogen (secondary N) is 1. The zero-order valence-corrected chi connectivity index (χ0v) is 14.0. The molecular formula is C16H15F2NO5S. The molecule has 0 spiro atoms. The Morgan fingerprint density at radius 3 is 2.40 bits per heavy atom. The van der Waals surface area contributed by atoms with Gasteiger partial charge in [0.05, 0.1) is 12.0 Å². The number of benzene rings is 2. The Morgan fingerprint density at radius 1 is 1.12 bits per heavy atom. The van der Waals surface area contributed by atoms with E-state index in [2.05, 4.69) is 0 Å². The second-order valence-corrected chi connectivity index (χ2v) is 6.68. The molecule has 0 amide bonds. The van der Waals surface area contributed by atoms with E-state index in [1.54, 1.807) is 0 Å². The number of carbonyl (C=O) groups is 1. The van der Waals surface area contributed by atoms with Gasteiger partial charge in [-0.2, -0.15) is 4.72 Å². The molecule has 0 atom stereocenters. The Kier molecular flexibility index (Phi) is 6.05. The normalized spacial score (nSPS) is 11.2. The van der Waals surface area contributed by atoms with Gasteiger partial charge >= 0.3 is 5.97 Å². The maximum atomic E-state index is 13.5. The van der Waals surface area contributed by atoms with Crippen LogP contribution in [-0.2, 0) is 26.2 Å². The number of carbonyl (C=O) groups excluding carboxylic acids is 1. The molecule has 0 radical (unpaired) electrons. The molecule has 25 heavy (non-hydrogen) atoms. The zero-order valence-electron chi connectivity index (χ0n) is 13.2. The minimum atomic E-state index is -3.96. The fourth-order valence-electron chi connectivity index (χ4n) is 1.87. The number of ether oxygens (including phenoxy) is 2. The van der Waals surface area contributed by atoms with Crippen molar-refractivity contribution < 1.29 is 31.5 Å². The van der Waals surface area contributed by atoms with Crippen molar-refractivity contribution in [1.29, 1.82) is 0 Å². The van der Waals surface area contributed by atoms with E-state index in [9.17, 15) is 22.0 Å². The highest BCUT2D eigenvalue weighted by Crippen LogP contribution is 2.18. The van der Waals surface area contributed by atoms with E-state index in [1.165, 1.54) is 19.2 Å². The summed E-state index contributed by atoms with van der Waals surface area (Å²) in [4.78, 5) is 11.4. The fourth-order valence-corrected chi connectivity index (χ4v) is 2.83. The first-order valence-corrected chi connectivity index (χ1v) is 8.53. The molecule has 134 valence electrons. The minimum absolute atomic E-state index is 0.0575. The molecule has 2 rings (SSSR count). The average molecular weight is 371 g/mol. The molecule has 0 saturated heterocycles. The average Bonchev–Trinajstić information content (AvgIpc) is 2.59. The van der Waals surface area contributed by atoms with Crippen LogP contribution in [0.3, 0.4) is 0 Å². The van der Waals surface area contributed by atoms with E-state index < -0.39 is 34.2 Å². The Morgan fingerprint density at radius 2 is 1.80 bits per heavy atom. The van der Waals surface area contributed by atoms with E-state index >= 15 is 0 Å². The molecule has 0 fully saturated rings. The quantitative estimate of drug-likeness (QED) is 0.753. The Bertz CT molecular complexity index is 853. The largest absolute Gasteiger partial charge is 0.494 e. The Labute approximate surface area is 143 Å². The number of rotatable bonds is 7. The van der Waals surface area contributed by atoms with Crippen LogP contribution in [-0.4, -0.2) is 28.0 Å². The van der Waals surface area contributed by atoms with E-state index in [1.807, 2.05) is 4.72 Å². The van der Waals surface area contributed by atoms with Gasteiger partial charge < -0.3 is 9.47 Å². The minimum Gasteiger partial charge on any atom is -0.494 e. The lowest BCUT2D eigenvalue weighted by Gasteiger charge is -2.08. The fraction of sp³-hybridized carbons (Fsp3) is 0.188. The van der Waals surface area contributed by atoms with Crippen molar-refractivity contribution in [3.63, 3.8) is 0 Å². The van der Waals surface area contributed by atoms with Crippen LogP contribution in [0.25, 0.3) is 0 Å². The molecule has 6 nitrogen and oxygen atoms in total. The van der Waals surface area contributed by atoms with Gasteiger partial charge in [0.1, 0.15) is 19.0 Å².